The van der Waals surface area contributed by atoms with Crippen molar-refractivity contribution in [2.45, 2.75) is 112 Å². The van der Waals surface area contributed by atoms with Crippen LogP contribution in [-0.4, -0.2) is 24.5 Å². The first-order chi connectivity index (χ1) is 17.9. The summed E-state index contributed by atoms with van der Waals surface area (Å²) < 4.78 is 11.7. The smallest absolute Gasteiger partial charge is 0.339 e. The Bertz CT molecular complexity index is 1040. The first-order valence-corrected chi connectivity index (χ1v) is 14.5. The zero-order valence-corrected chi connectivity index (χ0v) is 25.3. The highest BCUT2D eigenvalue weighted by Gasteiger charge is 2.44. The summed E-state index contributed by atoms with van der Waals surface area (Å²) in [6, 6.07) is 8.02. The molecule has 0 saturated heterocycles. The molecular weight excluding hydrogens is 472 g/mol. The minimum Gasteiger partial charge on any atom is -0.500 e. The van der Waals surface area contributed by atoms with Gasteiger partial charge in [-0.15, -0.1) is 0 Å². The molecule has 0 fully saturated rings. The van der Waals surface area contributed by atoms with Crippen molar-refractivity contribution in [2.75, 3.05) is 7.11 Å². The average Bonchev–Trinajstić information content (AvgIpc) is 2.85. The number of allylic oxidation sites excluding steroid dienone is 3. The first-order valence-electron chi connectivity index (χ1n) is 14.5. The molecule has 1 atom stereocenters. The lowest BCUT2D eigenvalue weighted by molar-refractivity contribution is -0.149. The van der Waals surface area contributed by atoms with Crippen LogP contribution in [0.15, 0.2) is 58.9 Å². The second kappa shape index (κ2) is 14.0. The fourth-order valence-corrected chi connectivity index (χ4v) is 5.52. The number of esters is 1. The Morgan fingerprint density at radius 2 is 1.58 bits per heavy atom. The standard InChI is InChI=1S/C34H50O4/c1-10-13-14-15-16-17-24-18-20-25(21-19-24)29(35)23-22-28-31(37-9)26(11-2)30(27(12-3)34(28,7)8)32(36)38-33(4,5)6/h18-23,28H,10-17H2,1-9H3. The number of ketones is 1. The number of benzene rings is 1. The predicted octanol–water partition coefficient (Wildman–Crippen LogP) is 8.95. The molecule has 0 radical (unpaired) electrons. The monoisotopic (exact) mass is 522 g/mol. The van der Waals surface area contributed by atoms with Gasteiger partial charge in [-0.25, -0.2) is 4.79 Å². The fourth-order valence-electron chi connectivity index (χ4n) is 5.52. The van der Waals surface area contributed by atoms with Crippen molar-refractivity contribution >= 4 is 11.8 Å². The normalized spacial score (nSPS) is 17.8. The van der Waals surface area contributed by atoms with E-state index in [0.717, 1.165) is 23.3 Å². The van der Waals surface area contributed by atoms with E-state index < -0.39 is 11.0 Å². The maximum absolute atomic E-state index is 13.4. The third-order valence-corrected chi connectivity index (χ3v) is 7.52. The van der Waals surface area contributed by atoms with Gasteiger partial charge in [0, 0.05) is 22.5 Å². The molecule has 1 unspecified atom stereocenters. The van der Waals surface area contributed by atoms with E-state index in [2.05, 4.69) is 39.8 Å². The van der Waals surface area contributed by atoms with Gasteiger partial charge in [0.1, 0.15) is 11.4 Å². The summed E-state index contributed by atoms with van der Waals surface area (Å²) in [5.74, 6) is 0.231. The lowest BCUT2D eigenvalue weighted by Gasteiger charge is -2.42. The molecule has 0 aromatic heterocycles. The zero-order valence-electron chi connectivity index (χ0n) is 25.3. The molecular formula is C34H50O4. The van der Waals surface area contributed by atoms with Crippen molar-refractivity contribution in [3.8, 4) is 0 Å². The molecule has 0 spiro atoms. The van der Waals surface area contributed by atoms with Crippen LogP contribution < -0.4 is 0 Å². The second-order valence-electron chi connectivity index (χ2n) is 11.9. The Morgan fingerprint density at radius 3 is 2.11 bits per heavy atom. The van der Waals surface area contributed by atoms with Crippen LogP contribution in [0.2, 0.25) is 0 Å². The maximum atomic E-state index is 13.4. The highest BCUT2D eigenvalue weighted by molar-refractivity contribution is 6.04. The number of methoxy groups -OCH3 is 1. The van der Waals surface area contributed by atoms with Gasteiger partial charge >= 0.3 is 5.97 Å². The lowest BCUT2D eigenvalue weighted by atomic mass is 9.64. The zero-order chi connectivity index (χ0) is 28.5. The third-order valence-electron chi connectivity index (χ3n) is 7.52. The van der Waals surface area contributed by atoms with Gasteiger partial charge in [-0.2, -0.15) is 0 Å². The molecule has 1 aliphatic rings. The quantitative estimate of drug-likeness (QED) is 0.112. The summed E-state index contributed by atoms with van der Waals surface area (Å²) in [4.78, 5) is 26.5. The van der Waals surface area contributed by atoms with Crippen LogP contribution in [0, 0.1) is 11.3 Å². The second-order valence-corrected chi connectivity index (χ2v) is 11.9. The summed E-state index contributed by atoms with van der Waals surface area (Å²) in [7, 11) is 1.65. The van der Waals surface area contributed by atoms with Crippen LogP contribution in [-0.2, 0) is 20.7 Å². The van der Waals surface area contributed by atoms with Gasteiger partial charge in [-0.3, -0.25) is 4.79 Å². The van der Waals surface area contributed by atoms with E-state index in [9.17, 15) is 9.59 Å². The number of unbranched alkanes of at least 4 members (excludes halogenated alkanes) is 4. The number of rotatable bonds is 13. The molecule has 4 heteroatoms. The van der Waals surface area contributed by atoms with E-state index >= 15 is 0 Å². The molecule has 0 amide bonds. The number of aryl methyl sites for hydroxylation is 1. The molecule has 4 nitrogen and oxygen atoms in total. The van der Waals surface area contributed by atoms with E-state index in [-0.39, 0.29) is 17.7 Å². The number of carbonyl (C=O) groups is 2. The summed E-state index contributed by atoms with van der Waals surface area (Å²) in [5.41, 5.74) is 3.48. The van der Waals surface area contributed by atoms with Crippen LogP contribution in [0.4, 0.5) is 0 Å². The Balaban J connectivity index is 2.31. The predicted molar refractivity (Wildman–Crippen MR) is 157 cm³/mol. The summed E-state index contributed by atoms with van der Waals surface area (Å²) >= 11 is 0. The van der Waals surface area contributed by atoms with E-state index in [1.54, 1.807) is 13.2 Å². The largest absolute Gasteiger partial charge is 0.500 e. The van der Waals surface area contributed by atoms with Gasteiger partial charge < -0.3 is 9.47 Å². The first kappa shape index (κ1) is 31.6. The van der Waals surface area contributed by atoms with Crippen LogP contribution in [0.25, 0.3) is 0 Å². The maximum Gasteiger partial charge on any atom is 0.339 e. The number of carbonyl (C=O) groups excluding carboxylic acids is 2. The molecule has 2 rings (SSSR count). The molecule has 210 valence electrons. The molecule has 0 saturated carbocycles. The number of ether oxygens (including phenoxy) is 2. The van der Waals surface area contributed by atoms with Crippen LogP contribution in [0.5, 0.6) is 0 Å². The third kappa shape index (κ3) is 7.94. The SMILES string of the molecule is CCCCCCCc1ccc(C(=O)C=CC2C(OC)=C(CC)C(C(=O)OC(C)(C)C)=C(CC)C2(C)C)cc1. The van der Waals surface area contributed by atoms with E-state index in [4.69, 9.17) is 9.47 Å². The number of hydrogen-bond acceptors (Lipinski definition) is 4. The Kier molecular flexibility index (Phi) is 11.6. The minimum atomic E-state index is -0.590. The van der Waals surface area contributed by atoms with E-state index in [1.165, 1.54) is 37.7 Å². The van der Waals surface area contributed by atoms with E-state index in [0.29, 0.717) is 24.0 Å². The van der Waals surface area contributed by atoms with Crippen molar-refractivity contribution in [1.29, 1.82) is 0 Å². The molecule has 0 N–H and O–H groups in total. The number of hydrogen-bond donors (Lipinski definition) is 0. The van der Waals surface area contributed by atoms with Crippen LogP contribution in [0.3, 0.4) is 0 Å². The summed E-state index contributed by atoms with van der Waals surface area (Å²) in [6.07, 6.45) is 12.3. The van der Waals surface area contributed by atoms with Crippen molar-refractivity contribution in [3.63, 3.8) is 0 Å². The lowest BCUT2D eigenvalue weighted by Crippen LogP contribution is -2.36. The van der Waals surface area contributed by atoms with Crippen molar-refractivity contribution < 1.29 is 19.1 Å². The van der Waals surface area contributed by atoms with Crippen molar-refractivity contribution in [2.24, 2.45) is 11.3 Å². The molecule has 1 aromatic carbocycles. The van der Waals surface area contributed by atoms with Crippen LogP contribution >= 0.6 is 0 Å². The summed E-state index contributed by atoms with van der Waals surface area (Å²) in [6.45, 7) is 16.2. The van der Waals surface area contributed by atoms with Gasteiger partial charge in [0.2, 0.25) is 0 Å². The van der Waals surface area contributed by atoms with Gasteiger partial charge in [0.05, 0.1) is 12.7 Å². The minimum absolute atomic E-state index is 0.0243. The Hall–Kier alpha value is -2.62. The molecule has 0 bridgehead atoms. The van der Waals surface area contributed by atoms with Crippen molar-refractivity contribution in [1.82, 2.24) is 0 Å². The van der Waals surface area contributed by atoms with Gasteiger partial charge in [0.15, 0.2) is 5.78 Å². The molecule has 0 heterocycles. The van der Waals surface area contributed by atoms with Gasteiger partial charge in [0.25, 0.3) is 0 Å². The fraction of sp³-hybridized carbons (Fsp3) is 0.588. The topological polar surface area (TPSA) is 52.6 Å². The molecule has 1 aromatic rings. The molecule has 38 heavy (non-hydrogen) atoms. The van der Waals surface area contributed by atoms with Crippen molar-refractivity contribution in [3.05, 3.63) is 70.0 Å². The molecule has 0 aliphatic heterocycles. The van der Waals surface area contributed by atoms with Gasteiger partial charge in [-0.1, -0.05) is 90.6 Å². The average molecular weight is 523 g/mol. The Morgan fingerprint density at radius 1 is 0.947 bits per heavy atom. The Labute approximate surface area is 231 Å². The summed E-state index contributed by atoms with van der Waals surface area (Å²) in [5, 5.41) is 0. The van der Waals surface area contributed by atoms with E-state index in [1.807, 2.05) is 45.9 Å². The highest BCUT2D eigenvalue weighted by Crippen LogP contribution is 2.50. The van der Waals surface area contributed by atoms with Crippen LogP contribution in [0.1, 0.15) is 116 Å². The van der Waals surface area contributed by atoms with Gasteiger partial charge in [-0.05, 0) is 63.7 Å². The molecule has 1 aliphatic carbocycles. The highest BCUT2D eigenvalue weighted by atomic mass is 16.6.